The molecule has 0 saturated heterocycles. The van der Waals surface area contributed by atoms with Gasteiger partial charge < -0.3 is 14.9 Å². The summed E-state index contributed by atoms with van der Waals surface area (Å²) in [7, 11) is 0. The fourth-order valence-corrected chi connectivity index (χ4v) is 1.59. The van der Waals surface area contributed by atoms with Gasteiger partial charge in [0.1, 0.15) is 5.75 Å². The van der Waals surface area contributed by atoms with E-state index in [2.05, 4.69) is 10.2 Å². The quantitative estimate of drug-likeness (QED) is 0.609. The van der Waals surface area contributed by atoms with E-state index in [9.17, 15) is 4.79 Å². The molecule has 0 amide bonds. The Morgan fingerprint density at radius 3 is 2.82 bits per heavy atom. The van der Waals surface area contributed by atoms with Crippen molar-refractivity contribution < 1.29 is 13.9 Å². The van der Waals surface area contributed by atoms with Gasteiger partial charge in [-0.3, -0.25) is 4.79 Å². The van der Waals surface area contributed by atoms with E-state index in [1.165, 1.54) is 0 Å². The van der Waals surface area contributed by atoms with Gasteiger partial charge in [-0.2, -0.15) is 0 Å². The number of esters is 1. The first-order valence-corrected chi connectivity index (χ1v) is 6.40. The van der Waals surface area contributed by atoms with Crippen molar-refractivity contribution in [2.75, 3.05) is 12.4 Å². The zero-order valence-corrected chi connectivity index (χ0v) is 11.0. The Labute approximate surface area is 104 Å². The van der Waals surface area contributed by atoms with Crippen LogP contribution in [-0.2, 0) is 9.53 Å². The summed E-state index contributed by atoms with van der Waals surface area (Å²) in [5.74, 6) is 0.474. The largest absolute Gasteiger partial charge is 0.465 e. The van der Waals surface area contributed by atoms with Gasteiger partial charge >= 0.3 is 5.97 Å². The van der Waals surface area contributed by atoms with Gasteiger partial charge in [-0.25, -0.2) is 0 Å². The Morgan fingerprint density at radius 2 is 2.24 bits per heavy atom. The lowest BCUT2D eigenvalue weighted by Gasteiger charge is -2.09. The van der Waals surface area contributed by atoms with E-state index in [1.54, 1.807) is 6.92 Å². The highest BCUT2D eigenvalue weighted by atomic mass is 32.2. The van der Waals surface area contributed by atoms with E-state index < -0.39 is 0 Å². The van der Waals surface area contributed by atoms with Crippen LogP contribution in [0.2, 0.25) is 0 Å². The molecule has 0 spiro atoms. The standard InChI is InChI=1S/C10H17N3O3S/c1-4-15-7(14)5-17-10-13-12-9(16-10)8(11)6(2)3/h6,8H,4-5,11H2,1-3H3. The SMILES string of the molecule is CCOC(=O)CSc1nnc(C(N)C(C)C)o1. The summed E-state index contributed by atoms with van der Waals surface area (Å²) in [5, 5.41) is 7.99. The van der Waals surface area contributed by atoms with Crippen LogP contribution in [-0.4, -0.2) is 28.5 Å². The van der Waals surface area contributed by atoms with Gasteiger partial charge in [-0.15, -0.1) is 10.2 Å². The maximum absolute atomic E-state index is 11.1. The monoisotopic (exact) mass is 259 g/mol. The highest BCUT2D eigenvalue weighted by Crippen LogP contribution is 2.22. The Balaban J connectivity index is 2.48. The van der Waals surface area contributed by atoms with Crippen molar-refractivity contribution in [3.8, 4) is 0 Å². The molecule has 17 heavy (non-hydrogen) atoms. The Morgan fingerprint density at radius 1 is 1.53 bits per heavy atom. The molecule has 0 aliphatic heterocycles. The molecular weight excluding hydrogens is 242 g/mol. The summed E-state index contributed by atoms with van der Waals surface area (Å²) < 4.78 is 10.1. The van der Waals surface area contributed by atoms with Crippen LogP contribution >= 0.6 is 11.8 Å². The highest BCUT2D eigenvalue weighted by molar-refractivity contribution is 7.99. The molecule has 1 heterocycles. The van der Waals surface area contributed by atoms with Gasteiger partial charge in [0.05, 0.1) is 12.6 Å². The van der Waals surface area contributed by atoms with Crippen molar-refractivity contribution in [2.45, 2.75) is 32.0 Å². The third kappa shape index (κ3) is 4.35. The van der Waals surface area contributed by atoms with E-state index in [1.807, 2.05) is 13.8 Å². The van der Waals surface area contributed by atoms with Crippen LogP contribution in [0.4, 0.5) is 0 Å². The molecule has 0 saturated carbocycles. The Kier molecular flexibility index (Phi) is 5.43. The van der Waals surface area contributed by atoms with Crippen LogP contribution in [0.25, 0.3) is 0 Å². The molecule has 2 N–H and O–H groups in total. The zero-order chi connectivity index (χ0) is 12.8. The van der Waals surface area contributed by atoms with Crippen LogP contribution in [0.15, 0.2) is 9.64 Å². The second kappa shape index (κ2) is 6.61. The van der Waals surface area contributed by atoms with Gasteiger partial charge in [-0.1, -0.05) is 25.6 Å². The first kappa shape index (κ1) is 14.0. The van der Waals surface area contributed by atoms with Crippen molar-refractivity contribution in [2.24, 2.45) is 11.7 Å². The van der Waals surface area contributed by atoms with Crippen LogP contribution in [0.3, 0.4) is 0 Å². The molecule has 1 unspecified atom stereocenters. The maximum Gasteiger partial charge on any atom is 0.316 e. The second-order valence-corrected chi connectivity index (χ2v) is 4.70. The highest BCUT2D eigenvalue weighted by Gasteiger charge is 2.18. The Hall–Kier alpha value is -1.08. The summed E-state index contributed by atoms with van der Waals surface area (Å²) in [6.45, 7) is 6.07. The van der Waals surface area contributed by atoms with E-state index in [0.29, 0.717) is 17.7 Å². The third-order valence-electron chi connectivity index (χ3n) is 2.04. The van der Waals surface area contributed by atoms with Gasteiger partial charge in [0.25, 0.3) is 5.22 Å². The van der Waals surface area contributed by atoms with Crippen molar-refractivity contribution in [3.63, 3.8) is 0 Å². The lowest BCUT2D eigenvalue weighted by atomic mass is 10.1. The molecule has 0 bridgehead atoms. The van der Waals surface area contributed by atoms with Crippen molar-refractivity contribution in [3.05, 3.63) is 5.89 Å². The average molecular weight is 259 g/mol. The van der Waals surface area contributed by atoms with Crippen LogP contribution in [0.5, 0.6) is 0 Å². The molecule has 7 heteroatoms. The van der Waals surface area contributed by atoms with E-state index in [4.69, 9.17) is 14.9 Å². The van der Waals surface area contributed by atoms with Crippen molar-refractivity contribution >= 4 is 17.7 Å². The number of nitrogens with zero attached hydrogens (tertiary/aromatic N) is 2. The van der Waals surface area contributed by atoms with Crippen LogP contribution in [0, 0.1) is 5.92 Å². The molecule has 0 aromatic carbocycles. The molecule has 1 aromatic heterocycles. The maximum atomic E-state index is 11.1. The Bertz CT molecular complexity index is 367. The van der Waals surface area contributed by atoms with Gasteiger partial charge in [0, 0.05) is 0 Å². The first-order valence-electron chi connectivity index (χ1n) is 5.42. The number of hydrogen-bond acceptors (Lipinski definition) is 7. The average Bonchev–Trinajstić information content (AvgIpc) is 2.74. The summed E-state index contributed by atoms with van der Waals surface area (Å²) in [4.78, 5) is 11.1. The minimum absolute atomic E-state index is 0.159. The molecule has 1 atom stereocenters. The molecule has 1 aromatic rings. The second-order valence-electron chi connectivity index (χ2n) is 3.77. The zero-order valence-electron chi connectivity index (χ0n) is 10.2. The number of hydrogen-bond donors (Lipinski definition) is 1. The molecule has 0 aliphatic rings. The van der Waals surface area contributed by atoms with E-state index in [-0.39, 0.29) is 23.7 Å². The van der Waals surface area contributed by atoms with Crippen LogP contribution < -0.4 is 5.73 Å². The summed E-state index contributed by atoms with van der Waals surface area (Å²) in [6.07, 6.45) is 0. The number of rotatable bonds is 6. The lowest BCUT2D eigenvalue weighted by molar-refractivity contribution is -0.139. The fourth-order valence-electron chi connectivity index (χ4n) is 1.02. The molecular formula is C10H17N3O3S. The van der Waals surface area contributed by atoms with Crippen molar-refractivity contribution in [1.82, 2.24) is 10.2 Å². The fraction of sp³-hybridized carbons (Fsp3) is 0.700. The summed E-state index contributed by atoms with van der Waals surface area (Å²) in [5.41, 5.74) is 5.86. The summed E-state index contributed by atoms with van der Waals surface area (Å²) in [6, 6.07) is -0.278. The lowest BCUT2D eigenvalue weighted by Crippen LogP contribution is -2.16. The predicted octanol–water partition coefficient (Wildman–Crippen LogP) is 1.38. The molecule has 96 valence electrons. The normalized spacial score (nSPS) is 12.8. The first-order chi connectivity index (χ1) is 8.04. The van der Waals surface area contributed by atoms with Gasteiger partial charge in [0.2, 0.25) is 5.89 Å². The topological polar surface area (TPSA) is 91.2 Å². The number of nitrogens with two attached hydrogens (primary N) is 1. The third-order valence-corrected chi connectivity index (χ3v) is 2.84. The summed E-state index contributed by atoms with van der Waals surface area (Å²) >= 11 is 1.15. The van der Waals surface area contributed by atoms with Crippen molar-refractivity contribution in [1.29, 1.82) is 0 Å². The minimum atomic E-state index is -0.301. The van der Waals surface area contributed by atoms with Gasteiger partial charge in [-0.05, 0) is 12.8 Å². The molecule has 0 radical (unpaired) electrons. The molecule has 1 rings (SSSR count). The molecule has 0 fully saturated rings. The number of ether oxygens (including phenoxy) is 1. The number of thioether (sulfide) groups is 1. The number of carbonyl (C=O) groups excluding carboxylic acids is 1. The predicted molar refractivity (Wildman–Crippen MR) is 63.4 cm³/mol. The number of carbonyl (C=O) groups is 1. The van der Waals surface area contributed by atoms with Crippen LogP contribution in [0.1, 0.15) is 32.7 Å². The van der Waals surface area contributed by atoms with Gasteiger partial charge in [0.15, 0.2) is 0 Å². The van der Waals surface area contributed by atoms with E-state index >= 15 is 0 Å². The molecule has 0 aliphatic carbocycles. The number of aromatic nitrogens is 2. The smallest absolute Gasteiger partial charge is 0.316 e. The molecule has 6 nitrogen and oxygen atoms in total. The minimum Gasteiger partial charge on any atom is -0.465 e. The van der Waals surface area contributed by atoms with E-state index in [0.717, 1.165) is 11.8 Å².